The van der Waals surface area contributed by atoms with E-state index in [4.69, 9.17) is 4.74 Å². The Morgan fingerprint density at radius 3 is 2.58 bits per heavy atom. The van der Waals surface area contributed by atoms with Crippen molar-refractivity contribution in [2.45, 2.75) is 51.4 Å². The highest BCUT2D eigenvalue weighted by Crippen LogP contribution is 2.44. The van der Waals surface area contributed by atoms with Crippen LogP contribution in [0.3, 0.4) is 0 Å². The van der Waals surface area contributed by atoms with Gasteiger partial charge in [0, 0.05) is 28.0 Å². The first-order valence-electron chi connectivity index (χ1n) is 11.5. The maximum atomic E-state index is 10.8. The molecule has 5 atom stereocenters. The third kappa shape index (κ3) is 5.72. The number of aliphatic hydroxyl groups excluding tert-OH is 2. The molecule has 0 radical (unpaired) electrons. The zero-order valence-electron chi connectivity index (χ0n) is 19.1. The van der Waals surface area contributed by atoms with Crippen molar-refractivity contribution >= 4 is 11.3 Å². The number of nitrogens with zero attached hydrogens (tertiary/aromatic N) is 1. The molecule has 33 heavy (non-hydrogen) atoms. The Labute approximate surface area is 200 Å². The Morgan fingerprint density at radius 1 is 1.12 bits per heavy atom. The normalized spacial score (nSPS) is 23.4. The molecular weight excluding hydrogens is 430 g/mol. The number of aliphatic hydroxyl groups is 2. The molecule has 1 aliphatic carbocycles. The summed E-state index contributed by atoms with van der Waals surface area (Å²) in [7, 11) is 0. The van der Waals surface area contributed by atoms with Gasteiger partial charge in [0.15, 0.2) is 0 Å². The second kappa shape index (κ2) is 10.6. The van der Waals surface area contributed by atoms with Gasteiger partial charge in [0.25, 0.3) is 0 Å². The Bertz CT molecular complexity index is 1100. The summed E-state index contributed by atoms with van der Waals surface area (Å²) in [6.45, 7) is 5.04. The fourth-order valence-corrected chi connectivity index (χ4v) is 5.84. The molecule has 1 aliphatic rings. The minimum Gasteiger partial charge on any atom is -0.392 e. The Balaban J connectivity index is 1.44. The van der Waals surface area contributed by atoms with Gasteiger partial charge in [-0.1, -0.05) is 54.1 Å². The lowest BCUT2D eigenvalue weighted by molar-refractivity contribution is 0.0664. The van der Waals surface area contributed by atoms with E-state index >= 15 is 0 Å². The van der Waals surface area contributed by atoms with E-state index in [1.807, 2.05) is 36.4 Å². The number of thiophene rings is 1. The van der Waals surface area contributed by atoms with Gasteiger partial charge in [0.1, 0.15) is 0 Å². The number of ether oxygens (including phenoxy) is 1. The Hall–Kier alpha value is -2.49. The summed E-state index contributed by atoms with van der Waals surface area (Å²) >= 11 is 1.71. The van der Waals surface area contributed by atoms with E-state index < -0.39 is 12.2 Å². The molecule has 0 bridgehead atoms. The van der Waals surface area contributed by atoms with Crippen molar-refractivity contribution in [2.75, 3.05) is 6.61 Å². The van der Waals surface area contributed by atoms with Crippen LogP contribution in [0.4, 0.5) is 0 Å². The second-order valence-corrected chi connectivity index (χ2v) is 10.5. The molecule has 0 amide bonds. The highest BCUT2D eigenvalue weighted by Gasteiger charge is 2.43. The zero-order chi connectivity index (χ0) is 23.4. The molecule has 172 valence electrons. The van der Waals surface area contributed by atoms with Crippen LogP contribution in [0.2, 0.25) is 0 Å². The number of hydrogen-bond donors (Lipinski definition) is 2. The van der Waals surface area contributed by atoms with Crippen LogP contribution in [0.1, 0.15) is 50.5 Å². The summed E-state index contributed by atoms with van der Waals surface area (Å²) in [6.07, 6.45) is -0.0876. The molecule has 0 saturated heterocycles. The van der Waals surface area contributed by atoms with E-state index in [-0.39, 0.29) is 17.8 Å². The van der Waals surface area contributed by atoms with Crippen LogP contribution in [-0.4, -0.2) is 22.9 Å². The highest BCUT2D eigenvalue weighted by atomic mass is 32.1. The maximum absolute atomic E-state index is 10.8. The first kappa shape index (κ1) is 23.7. The van der Waals surface area contributed by atoms with E-state index in [1.54, 1.807) is 11.3 Å². The van der Waals surface area contributed by atoms with Crippen LogP contribution in [0.5, 0.6) is 0 Å². The molecule has 3 aromatic rings. The van der Waals surface area contributed by atoms with Gasteiger partial charge >= 0.3 is 0 Å². The summed E-state index contributed by atoms with van der Waals surface area (Å²) in [5.41, 5.74) is 4.16. The van der Waals surface area contributed by atoms with E-state index in [2.05, 4.69) is 44.2 Å². The van der Waals surface area contributed by atoms with Crippen molar-refractivity contribution < 1.29 is 14.9 Å². The molecule has 4 nitrogen and oxygen atoms in total. The van der Waals surface area contributed by atoms with E-state index in [0.717, 1.165) is 21.6 Å². The summed E-state index contributed by atoms with van der Waals surface area (Å²) in [5.74, 6) is -0.465. The van der Waals surface area contributed by atoms with Crippen LogP contribution in [0.15, 0.2) is 60.7 Å². The number of aryl methyl sites for hydroxylation is 2. The van der Waals surface area contributed by atoms with Crippen LogP contribution in [-0.2, 0) is 17.8 Å². The molecule has 2 N–H and O–H groups in total. The first-order valence-corrected chi connectivity index (χ1v) is 12.3. The summed E-state index contributed by atoms with van der Waals surface area (Å²) in [5, 5.41) is 31.1. The number of nitriles is 1. The molecule has 4 rings (SSSR count). The standard InChI is InChI=1S/C28H31NO3S/c1-18-4-3-5-20(12-18)16-32-17-25-23(15-29)13-27(31)28(25)22-9-7-21(8-10-22)26(30)14-24-11-6-19(2)33-24/h3-12,23,25-28,30-31H,13-14,16-17H2,1-2H3/t23-,25?,26?,27+,28?/m0/s1. The minimum absolute atomic E-state index is 0.0697. The second-order valence-electron chi connectivity index (χ2n) is 9.13. The number of hydrogen-bond acceptors (Lipinski definition) is 5. The van der Waals surface area contributed by atoms with E-state index in [1.165, 1.54) is 10.4 Å². The van der Waals surface area contributed by atoms with Gasteiger partial charge in [-0.3, -0.25) is 0 Å². The largest absolute Gasteiger partial charge is 0.392 e. The van der Waals surface area contributed by atoms with Crippen molar-refractivity contribution in [3.63, 3.8) is 0 Å². The Kier molecular flexibility index (Phi) is 7.62. The highest BCUT2D eigenvalue weighted by molar-refractivity contribution is 7.11. The van der Waals surface area contributed by atoms with Crippen molar-refractivity contribution in [1.29, 1.82) is 5.26 Å². The molecule has 1 fully saturated rings. The molecular formula is C28H31NO3S. The number of rotatable bonds is 8. The lowest BCUT2D eigenvalue weighted by atomic mass is 9.84. The molecule has 0 aliphatic heterocycles. The molecule has 0 spiro atoms. The molecule has 1 saturated carbocycles. The quantitative estimate of drug-likeness (QED) is 0.467. The van der Waals surface area contributed by atoms with Crippen molar-refractivity contribution in [3.8, 4) is 6.07 Å². The van der Waals surface area contributed by atoms with Crippen LogP contribution >= 0.6 is 11.3 Å². The van der Waals surface area contributed by atoms with Gasteiger partial charge in [-0.05, 0) is 49.1 Å². The fraction of sp³-hybridized carbons (Fsp3) is 0.393. The third-order valence-corrected chi connectivity index (χ3v) is 7.64. The average Bonchev–Trinajstić information content (AvgIpc) is 3.35. The summed E-state index contributed by atoms with van der Waals surface area (Å²) in [6, 6.07) is 22.6. The first-order chi connectivity index (χ1) is 15.9. The molecule has 1 aromatic heterocycles. The van der Waals surface area contributed by atoms with Gasteiger partial charge < -0.3 is 14.9 Å². The SMILES string of the molecule is Cc1cccc(COCC2C(c3ccc(C(O)Cc4ccc(C)s4)cc3)[C@H](O)C[C@H]2C#N)c1. The smallest absolute Gasteiger partial charge is 0.0838 e. The van der Waals surface area contributed by atoms with Gasteiger partial charge in [-0.2, -0.15) is 5.26 Å². The van der Waals surface area contributed by atoms with Gasteiger partial charge in [-0.15, -0.1) is 11.3 Å². The van der Waals surface area contributed by atoms with E-state index in [9.17, 15) is 15.5 Å². The lowest BCUT2D eigenvalue weighted by Crippen LogP contribution is -2.23. The van der Waals surface area contributed by atoms with Crippen molar-refractivity contribution in [2.24, 2.45) is 11.8 Å². The molecule has 3 unspecified atom stereocenters. The van der Waals surface area contributed by atoms with Gasteiger partial charge in [0.2, 0.25) is 0 Å². The van der Waals surface area contributed by atoms with Crippen LogP contribution in [0.25, 0.3) is 0 Å². The predicted molar refractivity (Wildman–Crippen MR) is 131 cm³/mol. The predicted octanol–water partition coefficient (Wildman–Crippen LogP) is 5.46. The minimum atomic E-state index is -0.577. The summed E-state index contributed by atoms with van der Waals surface area (Å²) < 4.78 is 6.02. The zero-order valence-corrected chi connectivity index (χ0v) is 20.0. The lowest BCUT2D eigenvalue weighted by Gasteiger charge is -2.24. The van der Waals surface area contributed by atoms with Crippen molar-refractivity contribution in [1.82, 2.24) is 0 Å². The van der Waals surface area contributed by atoms with Crippen LogP contribution in [0, 0.1) is 37.0 Å². The van der Waals surface area contributed by atoms with E-state index in [0.29, 0.717) is 26.1 Å². The van der Waals surface area contributed by atoms with Crippen LogP contribution < -0.4 is 0 Å². The molecule has 1 heterocycles. The molecule has 5 heteroatoms. The topological polar surface area (TPSA) is 73.5 Å². The number of benzene rings is 2. The maximum Gasteiger partial charge on any atom is 0.0838 e. The monoisotopic (exact) mass is 461 g/mol. The van der Waals surface area contributed by atoms with Crippen molar-refractivity contribution in [3.05, 3.63) is 92.7 Å². The Morgan fingerprint density at radius 2 is 1.91 bits per heavy atom. The third-order valence-electron chi connectivity index (χ3n) is 6.61. The van der Waals surface area contributed by atoms with Gasteiger partial charge in [-0.25, -0.2) is 0 Å². The summed E-state index contributed by atoms with van der Waals surface area (Å²) in [4.78, 5) is 2.41. The fourth-order valence-electron chi connectivity index (χ4n) is 4.91. The average molecular weight is 462 g/mol. The molecule has 2 aromatic carbocycles. The van der Waals surface area contributed by atoms with Gasteiger partial charge in [0.05, 0.1) is 37.4 Å².